The summed E-state index contributed by atoms with van der Waals surface area (Å²) in [5.41, 5.74) is 1.91. The highest BCUT2D eigenvalue weighted by Crippen LogP contribution is 2.21. The molecule has 2 aromatic carbocycles. The monoisotopic (exact) mass is 366 g/mol. The van der Waals surface area contributed by atoms with Crippen LogP contribution in [0.5, 0.6) is 0 Å². The highest BCUT2D eigenvalue weighted by molar-refractivity contribution is 9.10. The number of halogens is 2. The van der Waals surface area contributed by atoms with E-state index in [1.54, 1.807) is 0 Å². The molecule has 0 saturated carbocycles. The van der Waals surface area contributed by atoms with Crippen LogP contribution in [0.15, 0.2) is 53.0 Å². The first-order valence-corrected chi connectivity index (χ1v) is 7.70. The van der Waals surface area contributed by atoms with Crippen molar-refractivity contribution in [3.63, 3.8) is 0 Å². The molecular weight excluding hydrogens is 352 g/mol. The van der Waals surface area contributed by atoms with Crippen LogP contribution in [0, 0.1) is 0 Å². The molecule has 3 nitrogen and oxygen atoms in total. The van der Waals surface area contributed by atoms with Gasteiger partial charge in [0.2, 0.25) is 5.91 Å². The summed E-state index contributed by atoms with van der Waals surface area (Å²) in [6, 6.07) is 15.4. The molecule has 0 radical (unpaired) electrons. The van der Waals surface area contributed by atoms with E-state index in [4.69, 9.17) is 11.6 Å². The molecule has 0 aliphatic heterocycles. The first-order chi connectivity index (χ1) is 10.1. The van der Waals surface area contributed by atoms with Crippen molar-refractivity contribution >= 4 is 39.1 Å². The number of benzene rings is 2. The van der Waals surface area contributed by atoms with Crippen LogP contribution in [0.25, 0.3) is 0 Å². The maximum atomic E-state index is 12.0. The zero-order valence-corrected chi connectivity index (χ0v) is 14.0. The number of likely N-dealkylation sites (N-methyl/N-ethyl adjacent to an activating group) is 1. The van der Waals surface area contributed by atoms with Crippen molar-refractivity contribution in [3.05, 3.63) is 63.6 Å². The fourth-order valence-corrected chi connectivity index (χ4v) is 2.64. The van der Waals surface area contributed by atoms with Crippen LogP contribution < -0.4 is 10.2 Å². The summed E-state index contributed by atoms with van der Waals surface area (Å²) in [6.07, 6.45) is 0. The number of hydrogen-bond donors (Lipinski definition) is 1. The molecule has 1 N–H and O–H groups in total. The minimum atomic E-state index is -0.0414. The van der Waals surface area contributed by atoms with Gasteiger partial charge in [-0.1, -0.05) is 51.8 Å². The van der Waals surface area contributed by atoms with Crippen LogP contribution in [0.2, 0.25) is 5.02 Å². The van der Waals surface area contributed by atoms with E-state index in [2.05, 4.69) is 21.2 Å². The summed E-state index contributed by atoms with van der Waals surface area (Å²) >= 11 is 9.48. The Balaban J connectivity index is 1.87. The number of carbonyl (C=O) groups excluding carboxylic acids is 1. The third-order valence-electron chi connectivity index (χ3n) is 3.07. The van der Waals surface area contributed by atoms with Gasteiger partial charge in [-0.3, -0.25) is 4.79 Å². The van der Waals surface area contributed by atoms with Gasteiger partial charge in [0.15, 0.2) is 0 Å². The number of anilines is 1. The number of nitrogens with one attached hydrogen (secondary N) is 1. The predicted octanol–water partition coefficient (Wildman–Crippen LogP) is 3.86. The van der Waals surface area contributed by atoms with Crippen molar-refractivity contribution in [3.8, 4) is 0 Å². The number of rotatable bonds is 5. The summed E-state index contributed by atoms with van der Waals surface area (Å²) in [5, 5.41) is 3.52. The summed E-state index contributed by atoms with van der Waals surface area (Å²) < 4.78 is 0.923. The molecule has 0 aliphatic rings. The van der Waals surface area contributed by atoms with Gasteiger partial charge in [-0.15, -0.1) is 0 Å². The highest BCUT2D eigenvalue weighted by Gasteiger charge is 2.08. The number of para-hydroxylation sites is 1. The molecule has 21 heavy (non-hydrogen) atoms. The van der Waals surface area contributed by atoms with Crippen LogP contribution in [0.4, 0.5) is 5.69 Å². The molecule has 0 spiro atoms. The average molecular weight is 368 g/mol. The van der Waals surface area contributed by atoms with Crippen LogP contribution >= 0.6 is 27.5 Å². The normalized spacial score (nSPS) is 10.2. The molecule has 0 unspecified atom stereocenters. The van der Waals surface area contributed by atoms with Crippen molar-refractivity contribution in [2.24, 2.45) is 0 Å². The molecule has 0 aliphatic carbocycles. The minimum absolute atomic E-state index is 0.0414. The second-order valence-corrected chi connectivity index (χ2v) is 6.03. The van der Waals surface area contributed by atoms with Crippen molar-refractivity contribution in [2.45, 2.75) is 6.54 Å². The Hall–Kier alpha value is -1.52. The zero-order chi connectivity index (χ0) is 15.2. The third-order valence-corrected chi connectivity index (χ3v) is 3.91. The van der Waals surface area contributed by atoms with E-state index in [9.17, 15) is 4.79 Å². The van der Waals surface area contributed by atoms with Gasteiger partial charge in [0, 0.05) is 28.8 Å². The minimum Gasteiger partial charge on any atom is -0.365 e. The number of amides is 1. The van der Waals surface area contributed by atoms with Gasteiger partial charge < -0.3 is 10.2 Å². The van der Waals surface area contributed by atoms with Gasteiger partial charge in [-0.25, -0.2) is 0 Å². The van der Waals surface area contributed by atoms with Crippen molar-refractivity contribution < 1.29 is 4.79 Å². The van der Waals surface area contributed by atoms with E-state index >= 15 is 0 Å². The Labute approximate surface area is 138 Å². The van der Waals surface area contributed by atoms with Crippen molar-refractivity contribution in [1.29, 1.82) is 0 Å². The Bertz CT molecular complexity index is 619. The first kappa shape index (κ1) is 15.9. The van der Waals surface area contributed by atoms with E-state index in [1.165, 1.54) is 0 Å². The number of hydrogen-bond acceptors (Lipinski definition) is 2. The Kier molecular flexibility index (Phi) is 5.65. The lowest BCUT2D eigenvalue weighted by atomic mass is 10.2. The summed E-state index contributed by atoms with van der Waals surface area (Å²) in [7, 11) is 1.89. The summed E-state index contributed by atoms with van der Waals surface area (Å²) in [6.45, 7) is 0.728. The molecule has 110 valence electrons. The molecule has 0 heterocycles. The molecule has 2 aromatic rings. The number of carbonyl (C=O) groups is 1. The summed E-state index contributed by atoms with van der Waals surface area (Å²) in [4.78, 5) is 13.9. The van der Waals surface area contributed by atoms with E-state index in [0.29, 0.717) is 18.1 Å². The SMILES string of the molecule is CN(CC(=O)NCc1ccc(Br)cc1Cl)c1ccccc1. The molecular formula is C16H16BrClN2O. The lowest BCUT2D eigenvalue weighted by Gasteiger charge is -2.18. The van der Waals surface area contributed by atoms with Crippen LogP contribution in [-0.4, -0.2) is 19.5 Å². The maximum absolute atomic E-state index is 12.0. The Morgan fingerprint density at radius 2 is 1.95 bits per heavy atom. The van der Waals surface area contributed by atoms with Gasteiger partial charge in [0.1, 0.15) is 0 Å². The molecule has 0 atom stereocenters. The molecule has 0 fully saturated rings. The fraction of sp³-hybridized carbons (Fsp3) is 0.188. The quantitative estimate of drug-likeness (QED) is 0.870. The summed E-state index contributed by atoms with van der Waals surface area (Å²) in [5.74, 6) is -0.0414. The van der Waals surface area contributed by atoms with E-state index < -0.39 is 0 Å². The van der Waals surface area contributed by atoms with Crippen LogP contribution in [0.3, 0.4) is 0 Å². The lowest BCUT2D eigenvalue weighted by Crippen LogP contribution is -2.34. The van der Waals surface area contributed by atoms with E-state index in [-0.39, 0.29) is 5.91 Å². The van der Waals surface area contributed by atoms with Crippen molar-refractivity contribution in [1.82, 2.24) is 5.32 Å². The van der Waals surface area contributed by atoms with Gasteiger partial charge in [0.05, 0.1) is 6.54 Å². The third kappa shape index (κ3) is 4.76. The van der Waals surface area contributed by atoms with Gasteiger partial charge in [-0.2, -0.15) is 0 Å². The van der Waals surface area contributed by atoms with Gasteiger partial charge >= 0.3 is 0 Å². The number of nitrogens with zero attached hydrogens (tertiary/aromatic N) is 1. The van der Waals surface area contributed by atoms with Gasteiger partial charge in [0.25, 0.3) is 0 Å². The molecule has 0 saturated heterocycles. The van der Waals surface area contributed by atoms with Crippen LogP contribution in [0.1, 0.15) is 5.56 Å². The molecule has 0 aromatic heterocycles. The average Bonchev–Trinajstić information content (AvgIpc) is 2.47. The van der Waals surface area contributed by atoms with E-state index in [0.717, 1.165) is 15.7 Å². The zero-order valence-electron chi connectivity index (χ0n) is 11.6. The van der Waals surface area contributed by atoms with Crippen LogP contribution in [-0.2, 0) is 11.3 Å². The first-order valence-electron chi connectivity index (χ1n) is 6.53. The van der Waals surface area contributed by atoms with Gasteiger partial charge in [-0.05, 0) is 29.8 Å². The molecule has 0 bridgehead atoms. The molecule has 5 heteroatoms. The second kappa shape index (κ2) is 7.48. The standard InChI is InChI=1S/C16H16BrClN2O/c1-20(14-5-3-2-4-6-14)11-16(21)19-10-12-7-8-13(17)9-15(12)18/h2-9H,10-11H2,1H3,(H,19,21). The largest absolute Gasteiger partial charge is 0.365 e. The smallest absolute Gasteiger partial charge is 0.239 e. The Morgan fingerprint density at radius 1 is 1.24 bits per heavy atom. The second-order valence-electron chi connectivity index (χ2n) is 4.70. The topological polar surface area (TPSA) is 32.3 Å². The maximum Gasteiger partial charge on any atom is 0.239 e. The Morgan fingerprint density at radius 3 is 2.62 bits per heavy atom. The van der Waals surface area contributed by atoms with E-state index in [1.807, 2.05) is 60.5 Å². The van der Waals surface area contributed by atoms with Crippen molar-refractivity contribution in [2.75, 3.05) is 18.5 Å². The molecule has 1 amide bonds. The molecule has 2 rings (SSSR count). The predicted molar refractivity (Wildman–Crippen MR) is 90.7 cm³/mol. The lowest BCUT2D eigenvalue weighted by molar-refractivity contribution is -0.119. The highest BCUT2D eigenvalue weighted by atomic mass is 79.9. The fourth-order valence-electron chi connectivity index (χ4n) is 1.90.